The first kappa shape index (κ1) is 10.9. The molecule has 1 aliphatic rings. The summed E-state index contributed by atoms with van der Waals surface area (Å²) >= 11 is 3.47. The SMILES string of the molecule is Cc1nc(N2CCN[C@@H](C)C2)ccc1Br. The fraction of sp³-hybridized carbons (Fsp3) is 0.545. The van der Waals surface area contributed by atoms with Crippen molar-refractivity contribution in [3.05, 3.63) is 22.3 Å². The zero-order valence-corrected chi connectivity index (χ0v) is 10.7. The van der Waals surface area contributed by atoms with Crippen molar-refractivity contribution in [2.24, 2.45) is 0 Å². The Labute approximate surface area is 99.0 Å². The molecule has 0 aromatic carbocycles. The summed E-state index contributed by atoms with van der Waals surface area (Å²) in [6.45, 7) is 7.35. The lowest BCUT2D eigenvalue weighted by Gasteiger charge is -2.32. The molecule has 0 radical (unpaired) electrons. The van der Waals surface area contributed by atoms with Crippen molar-refractivity contribution in [1.82, 2.24) is 10.3 Å². The van der Waals surface area contributed by atoms with Gasteiger partial charge in [0.2, 0.25) is 0 Å². The Morgan fingerprint density at radius 3 is 3.00 bits per heavy atom. The molecule has 1 atom stereocenters. The zero-order chi connectivity index (χ0) is 10.8. The second-order valence-electron chi connectivity index (χ2n) is 4.04. The monoisotopic (exact) mass is 269 g/mol. The quantitative estimate of drug-likeness (QED) is 0.845. The van der Waals surface area contributed by atoms with Crippen molar-refractivity contribution < 1.29 is 0 Å². The van der Waals surface area contributed by atoms with Gasteiger partial charge in [-0.1, -0.05) is 0 Å². The minimum Gasteiger partial charge on any atom is -0.354 e. The first-order valence-electron chi connectivity index (χ1n) is 5.28. The van der Waals surface area contributed by atoms with Gasteiger partial charge in [0.25, 0.3) is 0 Å². The third-order valence-corrected chi connectivity index (χ3v) is 3.54. The van der Waals surface area contributed by atoms with E-state index in [1.54, 1.807) is 0 Å². The summed E-state index contributed by atoms with van der Waals surface area (Å²) in [5, 5.41) is 3.43. The summed E-state index contributed by atoms with van der Waals surface area (Å²) < 4.78 is 1.08. The van der Waals surface area contributed by atoms with Gasteiger partial charge in [-0.05, 0) is 41.9 Å². The second-order valence-corrected chi connectivity index (χ2v) is 4.89. The van der Waals surface area contributed by atoms with E-state index >= 15 is 0 Å². The summed E-state index contributed by atoms with van der Waals surface area (Å²) in [6, 6.07) is 4.70. The Bertz CT molecular complexity index is 354. The third-order valence-electron chi connectivity index (χ3n) is 2.70. The molecule has 0 spiro atoms. The van der Waals surface area contributed by atoms with E-state index < -0.39 is 0 Å². The summed E-state index contributed by atoms with van der Waals surface area (Å²) in [7, 11) is 0. The Morgan fingerprint density at radius 1 is 1.53 bits per heavy atom. The number of aromatic nitrogens is 1. The van der Waals surface area contributed by atoms with Gasteiger partial charge in [-0.15, -0.1) is 0 Å². The highest BCUT2D eigenvalue weighted by atomic mass is 79.9. The number of nitrogens with zero attached hydrogens (tertiary/aromatic N) is 2. The van der Waals surface area contributed by atoms with Crippen LogP contribution in [0.5, 0.6) is 0 Å². The fourth-order valence-corrected chi connectivity index (χ4v) is 2.07. The normalized spacial score (nSPS) is 21.8. The highest BCUT2D eigenvalue weighted by molar-refractivity contribution is 9.10. The van der Waals surface area contributed by atoms with Crippen molar-refractivity contribution in [3.8, 4) is 0 Å². The molecule has 4 heteroatoms. The van der Waals surface area contributed by atoms with Gasteiger partial charge in [-0.25, -0.2) is 4.98 Å². The third kappa shape index (κ3) is 2.49. The average Bonchev–Trinajstić information content (AvgIpc) is 2.22. The molecule has 1 saturated heterocycles. The molecule has 0 amide bonds. The molecular weight excluding hydrogens is 254 g/mol. The number of rotatable bonds is 1. The molecule has 15 heavy (non-hydrogen) atoms. The van der Waals surface area contributed by atoms with Crippen molar-refractivity contribution in [2.45, 2.75) is 19.9 Å². The average molecular weight is 270 g/mol. The Morgan fingerprint density at radius 2 is 2.33 bits per heavy atom. The number of hydrogen-bond donors (Lipinski definition) is 1. The minimum atomic E-state index is 0.546. The van der Waals surface area contributed by atoms with Crippen LogP contribution in [0.15, 0.2) is 16.6 Å². The molecule has 0 aliphatic carbocycles. The van der Waals surface area contributed by atoms with Gasteiger partial charge in [0.1, 0.15) is 5.82 Å². The van der Waals surface area contributed by atoms with E-state index in [1.807, 2.05) is 6.92 Å². The fourth-order valence-electron chi connectivity index (χ4n) is 1.85. The lowest BCUT2D eigenvalue weighted by molar-refractivity contribution is 0.482. The number of pyridine rings is 1. The molecule has 2 heterocycles. The van der Waals surface area contributed by atoms with Crippen molar-refractivity contribution in [3.63, 3.8) is 0 Å². The van der Waals surface area contributed by atoms with E-state index in [4.69, 9.17) is 0 Å². The summed E-state index contributed by atoms with van der Waals surface area (Å²) in [5.74, 6) is 1.09. The van der Waals surface area contributed by atoms with Crippen LogP contribution in [0.3, 0.4) is 0 Å². The molecule has 2 rings (SSSR count). The van der Waals surface area contributed by atoms with Gasteiger partial charge < -0.3 is 10.2 Å². The largest absolute Gasteiger partial charge is 0.354 e. The van der Waals surface area contributed by atoms with E-state index in [1.165, 1.54) is 0 Å². The standard InChI is InChI=1S/C11H16BrN3/c1-8-7-15(6-5-13-8)11-4-3-10(12)9(2)14-11/h3-4,8,13H,5-7H2,1-2H3/t8-/m0/s1. The molecule has 82 valence electrons. The molecule has 1 aromatic heterocycles. The number of halogens is 1. The molecule has 0 bridgehead atoms. The van der Waals surface area contributed by atoms with E-state index in [9.17, 15) is 0 Å². The molecule has 1 aliphatic heterocycles. The smallest absolute Gasteiger partial charge is 0.128 e. The Balaban J connectivity index is 2.18. The van der Waals surface area contributed by atoms with Gasteiger partial charge in [0, 0.05) is 30.1 Å². The molecule has 1 aromatic rings. The van der Waals surface area contributed by atoms with Crippen LogP contribution in [0.2, 0.25) is 0 Å². The van der Waals surface area contributed by atoms with E-state index in [0.717, 1.165) is 35.6 Å². The number of aryl methyl sites for hydroxylation is 1. The molecule has 0 unspecified atom stereocenters. The van der Waals surface area contributed by atoms with E-state index in [-0.39, 0.29) is 0 Å². The lowest BCUT2D eigenvalue weighted by atomic mass is 10.2. The van der Waals surface area contributed by atoms with Crippen LogP contribution in [0.1, 0.15) is 12.6 Å². The van der Waals surface area contributed by atoms with E-state index in [0.29, 0.717) is 6.04 Å². The number of piperazine rings is 1. The van der Waals surface area contributed by atoms with Crippen molar-refractivity contribution in [2.75, 3.05) is 24.5 Å². The van der Waals surface area contributed by atoms with Gasteiger partial charge in [0.05, 0.1) is 5.69 Å². The van der Waals surface area contributed by atoms with Crippen LogP contribution >= 0.6 is 15.9 Å². The van der Waals surface area contributed by atoms with Crippen LogP contribution in [0.25, 0.3) is 0 Å². The topological polar surface area (TPSA) is 28.2 Å². The highest BCUT2D eigenvalue weighted by Gasteiger charge is 2.16. The van der Waals surface area contributed by atoms with Crippen LogP contribution in [0.4, 0.5) is 5.82 Å². The van der Waals surface area contributed by atoms with Crippen LogP contribution < -0.4 is 10.2 Å². The first-order chi connectivity index (χ1) is 7.16. The zero-order valence-electron chi connectivity index (χ0n) is 9.13. The summed E-state index contributed by atoms with van der Waals surface area (Å²) in [6.07, 6.45) is 0. The Kier molecular flexibility index (Phi) is 3.26. The van der Waals surface area contributed by atoms with Crippen LogP contribution in [-0.4, -0.2) is 30.7 Å². The van der Waals surface area contributed by atoms with Crippen LogP contribution in [0, 0.1) is 6.92 Å². The molecular formula is C11H16BrN3. The van der Waals surface area contributed by atoms with Crippen molar-refractivity contribution in [1.29, 1.82) is 0 Å². The summed E-state index contributed by atoms with van der Waals surface area (Å²) in [5.41, 5.74) is 1.05. The minimum absolute atomic E-state index is 0.546. The molecule has 1 fully saturated rings. The number of nitrogens with one attached hydrogen (secondary N) is 1. The maximum Gasteiger partial charge on any atom is 0.128 e. The van der Waals surface area contributed by atoms with Gasteiger partial charge >= 0.3 is 0 Å². The lowest BCUT2D eigenvalue weighted by Crippen LogP contribution is -2.49. The first-order valence-corrected chi connectivity index (χ1v) is 6.07. The Hall–Kier alpha value is -0.610. The summed E-state index contributed by atoms with van der Waals surface area (Å²) in [4.78, 5) is 6.92. The van der Waals surface area contributed by atoms with Gasteiger partial charge in [-0.3, -0.25) is 0 Å². The second kappa shape index (κ2) is 4.49. The highest BCUT2D eigenvalue weighted by Crippen LogP contribution is 2.19. The van der Waals surface area contributed by atoms with Gasteiger partial charge in [0.15, 0.2) is 0 Å². The number of hydrogen-bond acceptors (Lipinski definition) is 3. The number of anilines is 1. The van der Waals surface area contributed by atoms with Crippen molar-refractivity contribution >= 4 is 21.7 Å². The molecule has 1 N–H and O–H groups in total. The predicted molar refractivity (Wildman–Crippen MR) is 66.4 cm³/mol. The van der Waals surface area contributed by atoms with Crippen LogP contribution in [-0.2, 0) is 0 Å². The maximum atomic E-state index is 4.58. The molecule has 0 saturated carbocycles. The molecule has 3 nitrogen and oxygen atoms in total. The predicted octanol–water partition coefficient (Wildman–Crippen LogP) is 1.95. The van der Waals surface area contributed by atoms with Gasteiger partial charge in [-0.2, -0.15) is 0 Å². The van der Waals surface area contributed by atoms with E-state index in [2.05, 4.69) is 50.2 Å². The maximum absolute atomic E-state index is 4.58.